The van der Waals surface area contributed by atoms with Crippen LogP contribution < -0.4 is 10.6 Å². The molecule has 2 rings (SSSR count). The van der Waals surface area contributed by atoms with Crippen molar-refractivity contribution in [1.29, 1.82) is 0 Å². The Kier molecular flexibility index (Phi) is 5.95. The molecule has 0 bridgehead atoms. The van der Waals surface area contributed by atoms with Crippen LogP contribution in [0.3, 0.4) is 0 Å². The lowest BCUT2D eigenvalue weighted by molar-refractivity contribution is -0.137. The van der Waals surface area contributed by atoms with Gasteiger partial charge in [-0.2, -0.15) is 0 Å². The van der Waals surface area contributed by atoms with Crippen molar-refractivity contribution in [2.45, 2.75) is 52.1 Å². The molecule has 24 heavy (non-hydrogen) atoms. The fourth-order valence-electron chi connectivity index (χ4n) is 2.90. The lowest BCUT2D eigenvalue weighted by atomic mass is 10.1. The number of benzene rings is 1. The minimum Gasteiger partial charge on any atom is -0.343 e. The van der Waals surface area contributed by atoms with Crippen molar-refractivity contribution in [3.05, 3.63) is 29.8 Å². The molecular weight excluding hydrogens is 306 g/mol. The van der Waals surface area contributed by atoms with Gasteiger partial charge in [0.25, 0.3) is 0 Å². The number of rotatable bonds is 5. The maximum absolute atomic E-state index is 12.4. The molecule has 0 radical (unpaired) electrons. The fourth-order valence-corrected chi connectivity index (χ4v) is 2.90. The highest BCUT2D eigenvalue weighted by Gasteiger charge is 2.34. The second-order valence-electron chi connectivity index (χ2n) is 6.20. The normalized spacial score (nSPS) is 18.1. The molecule has 130 valence electrons. The first-order valence-corrected chi connectivity index (χ1v) is 8.37. The average Bonchev–Trinajstić information content (AvgIpc) is 3.04. The minimum absolute atomic E-state index is 0.107. The Morgan fingerprint density at radius 3 is 2.50 bits per heavy atom. The van der Waals surface area contributed by atoms with Gasteiger partial charge in [-0.05, 0) is 38.3 Å². The van der Waals surface area contributed by atoms with Crippen LogP contribution in [0, 0.1) is 6.92 Å². The van der Waals surface area contributed by atoms with Gasteiger partial charge in [0.05, 0.1) is 0 Å². The summed E-state index contributed by atoms with van der Waals surface area (Å²) in [5.74, 6) is -0.611. The molecule has 1 aliphatic rings. The summed E-state index contributed by atoms with van der Waals surface area (Å²) in [4.78, 5) is 38.0. The summed E-state index contributed by atoms with van der Waals surface area (Å²) in [5.41, 5.74) is 1.81. The number of hydrogen-bond donors (Lipinski definition) is 2. The SMILES string of the molecule is CCC(NC(=O)C1CCCN1C(C)=O)C(=O)Nc1ccc(C)cc1. The first kappa shape index (κ1) is 18.0. The van der Waals surface area contributed by atoms with Crippen LogP contribution in [-0.2, 0) is 14.4 Å². The van der Waals surface area contributed by atoms with Crippen LogP contribution in [-0.4, -0.2) is 41.2 Å². The molecule has 3 amide bonds. The number of amides is 3. The molecule has 1 saturated heterocycles. The minimum atomic E-state index is -0.617. The van der Waals surface area contributed by atoms with Crippen molar-refractivity contribution >= 4 is 23.4 Å². The Bertz CT molecular complexity index is 612. The van der Waals surface area contributed by atoms with E-state index in [4.69, 9.17) is 0 Å². The quantitative estimate of drug-likeness (QED) is 0.864. The van der Waals surface area contributed by atoms with Gasteiger partial charge in [0.1, 0.15) is 12.1 Å². The van der Waals surface area contributed by atoms with Crippen molar-refractivity contribution in [2.24, 2.45) is 0 Å². The van der Waals surface area contributed by atoms with Crippen LogP contribution in [0.25, 0.3) is 0 Å². The summed E-state index contributed by atoms with van der Waals surface area (Å²) in [6.07, 6.45) is 1.93. The fraction of sp³-hybridized carbons (Fsp3) is 0.500. The van der Waals surface area contributed by atoms with Gasteiger partial charge in [-0.15, -0.1) is 0 Å². The molecule has 0 aromatic heterocycles. The number of carbonyl (C=O) groups is 3. The largest absolute Gasteiger partial charge is 0.343 e. The summed E-state index contributed by atoms with van der Waals surface area (Å²) in [6.45, 7) is 5.88. The number of nitrogens with zero attached hydrogens (tertiary/aromatic N) is 1. The molecule has 2 N–H and O–H groups in total. The van der Waals surface area contributed by atoms with E-state index in [0.717, 1.165) is 12.0 Å². The molecule has 2 atom stereocenters. The molecule has 1 aromatic rings. The van der Waals surface area contributed by atoms with E-state index in [9.17, 15) is 14.4 Å². The van der Waals surface area contributed by atoms with Crippen molar-refractivity contribution in [3.63, 3.8) is 0 Å². The van der Waals surface area contributed by atoms with Crippen molar-refractivity contribution in [2.75, 3.05) is 11.9 Å². The Hall–Kier alpha value is -2.37. The van der Waals surface area contributed by atoms with Gasteiger partial charge in [0.15, 0.2) is 0 Å². The lowest BCUT2D eigenvalue weighted by Crippen LogP contribution is -2.51. The Morgan fingerprint density at radius 1 is 1.25 bits per heavy atom. The van der Waals surface area contributed by atoms with Gasteiger partial charge in [-0.3, -0.25) is 14.4 Å². The molecule has 6 heteroatoms. The summed E-state index contributed by atoms with van der Waals surface area (Å²) in [6, 6.07) is 6.40. The second kappa shape index (κ2) is 7.95. The first-order chi connectivity index (χ1) is 11.4. The Morgan fingerprint density at radius 2 is 1.92 bits per heavy atom. The standard InChI is InChI=1S/C18H25N3O3/c1-4-15(17(23)19-14-9-7-12(2)8-10-14)20-18(24)16-6-5-11-21(16)13(3)22/h7-10,15-16H,4-6,11H2,1-3H3,(H,19,23)(H,20,24). The highest BCUT2D eigenvalue weighted by Crippen LogP contribution is 2.18. The number of aryl methyl sites for hydroxylation is 1. The molecule has 0 spiro atoms. The van der Waals surface area contributed by atoms with Crippen molar-refractivity contribution in [1.82, 2.24) is 10.2 Å². The van der Waals surface area contributed by atoms with Gasteiger partial charge in [-0.25, -0.2) is 0 Å². The number of hydrogen-bond acceptors (Lipinski definition) is 3. The predicted octanol–water partition coefficient (Wildman–Crippen LogP) is 1.84. The van der Waals surface area contributed by atoms with Gasteiger partial charge in [0.2, 0.25) is 17.7 Å². The van der Waals surface area contributed by atoms with Crippen molar-refractivity contribution in [3.8, 4) is 0 Å². The summed E-state index contributed by atoms with van der Waals surface area (Å²) in [5, 5.41) is 5.60. The van der Waals surface area contributed by atoms with Gasteiger partial charge < -0.3 is 15.5 Å². The molecule has 0 aliphatic carbocycles. The average molecular weight is 331 g/mol. The zero-order chi connectivity index (χ0) is 17.7. The Balaban J connectivity index is 1.97. The lowest BCUT2D eigenvalue weighted by Gasteiger charge is -2.25. The van der Waals surface area contributed by atoms with Gasteiger partial charge >= 0.3 is 0 Å². The topological polar surface area (TPSA) is 78.5 Å². The highest BCUT2D eigenvalue weighted by atomic mass is 16.2. The van der Waals surface area contributed by atoms with Crippen LogP contribution >= 0.6 is 0 Å². The van der Waals surface area contributed by atoms with Crippen LogP contribution in [0.4, 0.5) is 5.69 Å². The van der Waals surface area contributed by atoms with E-state index in [0.29, 0.717) is 25.1 Å². The zero-order valence-corrected chi connectivity index (χ0v) is 14.5. The summed E-state index contributed by atoms with van der Waals surface area (Å²) >= 11 is 0. The third-order valence-electron chi connectivity index (χ3n) is 4.32. The number of nitrogens with one attached hydrogen (secondary N) is 2. The molecule has 1 aliphatic heterocycles. The molecule has 2 unspecified atom stereocenters. The van der Waals surface area contributed by atoms with Crippen LogP contribution in [0.1, 0.15) is 38.7 Å². The molecule has 1 heterocycles. The molecule has 1 aromatic carbocycles. The smallest absolute Gasteiger partial charge is 0.246 e. The molecular formula is C18H25N3O3. The van der Waals surface area contributed by atoms with E-state index in [-0.39, 0.29) is 17.7 Å². The third kappa shape index (κ3) is 4.34. The zero-order valence-electron chi connectivity index (χ0n) is 14.5. The first-order valence-electron chi connectivity index (χ1n) is 8.37. The monoisotopic (exact) mass is 331 g/mol. The summed E-state index contributed by atoms with van der Waals surface area (Å²) in [7, 11) is 0. The highest BCUT2D eigenvalue weighted by molar-refractivity contribution is 5.98. The van der Waals surface area contributed by atoms with E-state index >= 15 is 0 Å². The number of likely N-dealkylation sites (tertiary alicyclic amines) is 1. The van der Waals surface area contributed by atoms with Crippen LogP contribution in [0.5, 0.6) is 0 Å². The van der Waals surface area contributed by atoms with Crippen molar-refractivity contribution < 1.29 is 14.4 Å². The van der Waals surface area contributed by atoms with E-state index in [1.54, 1.807) is 4.90 Å². The predicted molar refractivity (Wildman–Crippen MR) is 92.4 cm³/mol. The Labute approximate surface area is 142 Å². The van der Waals surface area contributed by atoms with E-state index < -0.39 is 12.1 Å². The number of carbonyl (C=O) groups excluding carboxylic acids is 3. The van der Waals surface area contributed by atoms with E-state index in [1.165, 1.54) is 6.92 Å². The van der Waals surface area contributed by atoms with E-state index in [1.807, 2.05) is 38.1 Å². The molecule has 1 fully saturated rings. The van der Waals surface area contributed by atoms with Crippen LogP contribution in [0.2, 0.25) is 0 Å². The molecule has 6 nitrogen and oxygen atoms in total. The maximum Gasteiger partial charge on any atom is 0.246 e. The number of anilines is 1. The van der Waals surface area contributed by atoms with Gasteiger partial charge in [-0.1, -0.05) is 24.6 Å². The second-order valence-corrected chi connectivity index (χ2v) is 6.20. The van der Waals surface area contributed by atoms with E-state index in [2.05, 4.69) is 10.6 Å². The summed E-state index contributed by atoms with van der Waals surface area (Å²) < 4.78 is 0. The third-order valence-corrected chi connectivity index (χ3v) is 4.32. The van der Waals surface area contributed by atoms with Crippen LogP contribution in [0.15, 0.2) is 24.3 Å². The maximum atomic E-state index is 12.4. The molecule has 0 saturated carbocycles. The van der Waals surface area contributed by atoms with Gasteiger partial charge in [0, 0.05) is 19.2 Å².